The van der Waals surface area contributed by atoms with Gasteiger partial charge in [-0.15, -0.1) is 9.07 Å². The van der Waals surface area contributed by atoms with Gasteiger partial charge in [-0.25, -0.2) is 10.4 Å². The second kappa shape index (κ2) is 4.24. The summed E-state index contributed by atoms with van der Waals surface area (Å²) in [5.41, 5.74) is 10.5. The summed E-state index contributed by atoms with van der Waals surface area (Å²) in [6.07, 6.45) is 9.11. The first-order chi connectivity index (χ1) is 10.6. The quantitative estimate of drug-likeness (QED) is 0.160. The van der Waals surface area contributed by atoms with Crippen molar-refractivity contribution >= 4 is 18.4 Å². The zero-order valence-corrected chi connectivity index (χ0v) is 11.6. The molecule has 114 valence electrons. The molecule has 0 aromatic heterocycles. The molecule has 3 heterocycles. The van der Waals surface area contributed by atoms with Gasteiger partial charge in [0, 0.05) is 29.8 Å². The summed E-state index contributed by atoms with van der Waals surface area (Å²) in [6.45, 7) is 0.261. The molecule has 1 aliphatic carbocycles. The van der Waals surface area contributed by atoms with E-state index in [1.54, 1.807) is 24.8 Å². The van der Waals surface area contributed by atoms with E-state index in [0.717, 1.165) is 16.4 Å². The van der Waals surface area contributed by atoms with Crippen LogP contribution in [0.3, 0.4) is 0 Å². The highest BCUT2D eigenvalue weighted by Crippen LogP contribution is 2.44. The number of rotatable bonds is 1. The van der Waals surface area contributed by atoms with Gasteiger partial charge < -0.3 is 10.9 Å². The van der Waals surface area contributed by atoms with E-state index in [2.05, 4.69) is 20.6 Å². The molecule has 3 aliphatic heterocycles. The number of nitrogens with zero attached hydrogens (tertiary/aromatic N) is 5. The third-order valence-corrected chi connectivity index (χ3v) is 4.51. The van der Waals surface area contributed by atoms with Gasteiger partial charge in [0.15, 0.2) is 18.2 Å². The first-order valence-electron chi connectivity index (χ1n) is 6.84. The van der Waals surface area contributed by atoms with E-state index in [0.29, 0.717) is 12.0 Å². The maximum atomic E-state index is 14.0. The molecular formula is C13H15FN7O+. The molecule has 0 amide bonds. The lowest BCUT2D eigenvalue weighted by Gasteiger charge is -2.38. The molecule has 4 rings (SSSR count). The van der Waals surface area contributed by atoms with Crippen molar-refractivity contribution in [2.45, 2.75) is 12.1 Å². The molecule has 8 nitrogen and oxygen atoms in total. The van der Waals surface area contributed by atoms with E-state index in [1.165, 1.54) is 0 Å². The number of quaternary nitrogens is 1. The molecule has 0 saturated carbocycles. The van der Waals surface area contributed by atoms with Crippen LogP contribution in [0.4, 0.5) is 4.48 Å². The van der Waals surface area contributed by atoms with Crippen molar-refractivity contribution in [1.82, 2.24) is 10.5 Å². The van der Waals surface area contributed by atoms with Gasteiger partial charge in [0.25, 0.3) is 5.66 Å². The van der Waals surface area contributed by atoms with E-state index < -0.39 is 5.66 Å². The van der Waals surface area contributed by atoms with Crippen molar-refractivity contribution in [3.05, 3.63) is 35.2 Å². The lowest BCUT2D eigenvalue weighted by Crippen LogP contribution is -2.63. The number of hydrogen-bond donors (Lipinski definition) is 3. The molecule has 22 heavy (non-hydrogen) atoms. The Morgan fingerprint density at radius 2 is 2.41 bits per heavy atom. The minimum absolute atomic E-state index is 0.0647. The number of nitrogens with one attached hydrogen (secondary N) is 1. The highest BCUT2D eigenvalue weighted by Gasteiger charge is 2.65. The summed E-state index contributed by atoms with van der Waals surface area (Å²) in [5, 5.41) is 12.6. The highest BCUT2D eigenvalue weighted by atomic mass is 19.2. The molecule has 0 aromatic carbocycles. The number of hydrogen-bond acceptors (Lipinski definition) is 6. The van der Waals surface area contributed by atoms with Crippen LogP contribution in [-0.4, -0.2) is 52.2 Å². The van der Waals surface area contributed by atoms with E-state index in [4.69, 9.17) is 10.9 Å². The van der Waals surface area contributed by atoms with Crippen LogP contribution in [0.2, 0.25) is 0 Å². The molecule has 0 aromatic rings. The molecular weight excluding hydrogens is 289 g/mol. The van der Waals surface area contributed by atoms with Gasteiger partial charge in [-0.1, -0.05) is 10.3 Å². The molecule has 0 radical (unpaired) electrons. The number of halogens is 1. The number of amidine groups is 1. The lowest BCUT2D eigenvalue weighted by molar-refractivity contribution is -0.944. The number of fused-ring (bicyclic) bond motifs is 1. The standard InChI is InChI=1S/C13H14FN7O/c14-20-6-13-5-16-4-10-3-9(12(15)19-22)1-2-11(10)21(13,8-20)18-7-17-13/h1-2,4-5,7H,3,6,8H2,(H3-,15,17,18,19,22)/p+1. The molecule has 0 spiro atoms. The minimum Gasteiger partial charge on any atom is -0.409 e. The van der Waals surface area contributed by atoms with Crippen molar-refractivity contribution in [1.29, 1.82) is 0 Å². The van der Waals surface area contributed by atoms with Crippen LogP contribution < -0.4 is 11.2 Å². The van der Waals surface area contributed by atoms with E-state index in [-0.39, 0.29) is 23.6 Å². The summed E-state index contributed by atoms with van der Waals surface area (Å²) >= 11 is 0. The minimum atomic E-state index is -0.805. The molecule has 0 bridgehead atoms. The Labute approximate surface area is 125 Å². The van der Waals surface area contributed by atoms with Crippen molar-refractivity contribution in [3.63, 3.8) is 0 Å². The first-order valence-corrected chi connectivity index (χ1v) is 6.84. The summed E-state index contributed by atoms with van der Waals surface area (Å²) in [4.78, 5) is 8.75. The fourth-order valence-corrected chi connectivity index (χ4v) is 3.45. The van der Waals surface area contributed by atoms with E-state index >= 15 is 0 Å². The predicted octanol–water partition coefficient (Wildman–Crippen LogP) is 0.132. The monoisotopic (exact) mass is 304 g/mol. The van der Waals surface area contributed by atoms with Crippen molar-refractivity contribution in [2.24, 2.45) is 20.9 Å². The van der Waals surface area contributed by atoms with Gasteiger partial charge in [0.1, 0.15) is 12.9 Å². The third-order valence-electron chi connectivity index (χ3n) is 4.51. The second-order valence-electron chi connectivity index (χ2n) is 5.68. The fourth-order valence-electron chi connectivity index (χ4n) is 3.45. The van der Waals surface area contributed by atoms with Gasteiger partial charge in [-0.05, 0) is 6.08 Å². The predicted molar refractivity (Wildman–Crippen MR) is 78.1 cm³/mol. The Morgan fingerprint density at radius 3 is 3.23 bits per heavy atom. The van der Waals surface area contributed by atoms with Gasteiger partial charge in [-0.3, -0.25) is 4.99 Å². The molecule has 9 heteroatoms. The Kier molecular flexibility index (Phi) is 2.54. The van der Waals surface area contributed by atoms with Crippen LogP contribution in [-0.2, 0) is 0 Å². The second-order valence-corrected chi connectivity index (χ2v) is 5.68. The van der Waals surface area contributed by atoms with Crippen molar-refractivity contribution in [2.75, 3.05) is 13.2 Å². The Balaban J connectivity index is 1.86. The average molecular weight is 304 g/mol. The highest BCUT2D eigenvalue weighted by molar-refractivity contribution is 5.97. The largest absolute Gasteiger partial charge is 0.409 e. The summed E-state index contributed by atoms with van der Waals surface area (Å²) < 4.78 is 14.1. The van der Waals surface area contributed by atoms with Crippen LogP contribution >= 0.6 is 0 Å². The molecule has 2 atom stereocenters. The Hall–Kier alpha value is -2.52. The van der Waals surface area contributed by atoms with Crippen molar-refractivity contribution in [3.8, 4) is 0 Å². The summed E-state index contributed by atoms with van der Waals surface area (Å²) in [6, 6.07) is 0. The number of aliphatic imine (C=N–C) groups is 2. The van der Waals surface area contributed by atoms with Crippen LogP contribution in [0.15, 0.2) is 50.3 Å². The van der Waals surface area contributed by atoms with Gasteiger partial charge in [0.2, 0.25) is 0 Å². The molecule has 2 unspecified atom stereocenters. The first kappa shape index (κ1) is 13.2. The zero-order valence-electron chi connectivity index (χ0n) is 11.6. The zero-order chi connectivity index (χ0) is 15.4. The van der Waals surface area contributed by atoms with Gasteiger partial charge >= 0.3 is 0 Å². The number of nitrogens with two attached hydrogens (primary N) is 1. The number of allylic oxidation sites excluding steroid dienone is 3. The van der Waals surface area contributed by atoms with Gasteiger partial charge in [0.05, 0.1) is 6.21 Å². The Morgan fingerprint density at radius 1 is 1.55 bits per heavy atom. The van der Waals surface area contributed by atoms with Crippen LogP contribution in [0, 0.1) is 0 Å². The molecule has 1 saturated heterocycles. The third kappa shape index (κ3) is 1.49. The fraction of sp³-hybridized carbons (Fsp3) is 0.308. The SMILES string of the molecule is NC(=NO)C1=CC=C2C(=CN=CC34CN(F)C[N+]23NC=N4)C1. The number of oxime groups is 1. The normalized spacial score (nSPS) is 36.6. The van der Waals surface area contributed by atoms with E-state index in [9.17, 15) is 4.48 Å². The average Bonchev–Trinajstić information content (AvgIpc) is 2.93. The van der Waals surface area contributed by atoms with Gasteiger partial charge in [-0.2, -0.15) is 0 Å². The van der Waals surface area contributed by atoms with Crippen molar-refractivity contribution < 1.29 is 14.3 Å². The molecule has 4 N–H and O–H groups in total. The molecule has 1 fully saturated rings. The Bertz CT molecular complexity index is 722. The smallest absolute Gasteiger partial charge is 0.274 e. The van der Waals surface area contributed by atoms with Crippen LogP contribution in [0.25, 0.3) is 0 Å². The maximum Gasteiger partial charge on any atom is 0.274 e. The summed E-state index contributed by atoms with van der Waals surface area (Å²) in [5.74, 6) is 0.0647. The lowest BCUT2D eigenvalue weighted by atomic mass is 9.95. The topological polar surface area (TPSA) is 98.6 Å². The van der Waals surface area contributed by atoms with Crippen LogP contribution in [0.1, 0.15) is 6.42 Å². The maximum absolute atomic E-state index is 14.0. The molecule has 4 aliphatic rings. The summed E-state index contributed by atoms with van der Waals surface area (Å²) in [7, 11) is 0. The van der Waals surface area contributed by atoms with E-state index in [1.807, 2.05) is 6.08 Å². The van der Waals surface area contributed by atoms with Crippen LogP contribution in [0.5, 0.6) is 0 Å².